The minimum Gasteiger partial charge on any atom is -0.507 e. The first-order chi connectivity index (χ1) is 9.47. The van der Waals surface area contributed by atoms with Crippen molar-refractivity contribution in [2.24, 2.45) is 0 Å². The summed E-state index contributed by atoms with van der Waals surface area (Å²) in [5, 5.41) is 9.60. The molecule has 0 aliphatic carbocycles. The summed E-state index contributed by atoms with van der Waals surface area (Å²) in [6.45, 7) is 3.97. The van der Waals surface area contributed by atoms with Crippen molar-refractivity contribution in [2.45, 2.75) is 18.7 Å². The maximum atomic E-state index is 13.1. The Labute approximate surface area is 121 Å². The maximum Gasteiger partial charge on any atom is 0.176 e. The van der Waals surface area contributed by atoms with Gasteiger partial charge in [0, 0.05) is 4.90 Å². The number of Topliss-reactive ketones (excluding diaryl/α,β-unsaturated/α-hetero) is 1. The summed E-state index contributed by atoms with van der Waals surface area (Å²) < 4.78 is 13.1. The van der Waals surface area contributed by atoms with E-state index < -0.39 is 5.82 Å². The molecule has 0 aliphatic rings. The van der Waals surface area contributed by atoms with E-state index in [4.69, 9.17) is 0 Å². The Kier molecular flexibility index (Phi) is 4.45. The van der Waals surface area contributed by atoms with Gasteiger partial charge in [-0.3, -0.25) is 4.79 Å². The molecule has 0 spiro atoms. The second-order valence-electron chi connectivity index (χ2n) is 4.64. The lowest BCUT2D eigenvalue weighted by Crippen LogP contribution is -2.03. The van der Waals surface area contributed by atoms with Gasteiger partial charge < -0.3 is 5.11 Å². The molecule has 0 aromatic heterocycles. The van der Waals surface area contributed by atoms with Gasteiger partial charge in [0.25, 0.3) is 0 Å². The van der Waals surface area contributed by atoms with Crippen LogP contribution in [-0.2, 0) is 0 Å². The van der Waals surface area contributed by atoms with Crippen molar-refractivity contribution in [3.8, 4) is 5.75 Å². The van der Waals surface area contributed by atoms with Crippen molar-refractivity contribution in [3.05, 3.63) is 58.9 Å². The summed E-state index contributed by atoms with van der Waals surface area (Å²) in [6, 6.07) is 9.43. The molecule has 0 radical (unpaired) electrons. The number of benzene rings is 2. The lowest BCUT2D eigenvalue weighted by Gasteiger charge is -2.07. The Bertz CT molecular complexity index is 653. The fourth-order valence-corrected chi connectivity index (χ4v) is 2.82. The molecule has 4 heteroatoms. The van der Waals surface area contributed by atoms with Crippen LogP contribution in [0.15, 0.2) is 41.3 Å². The summed E-state index contributed by atoms with van der Waals surface area (Å²) in [5.74, 6) is -0.824. The van der Waals surface area contributed by atoms with Crippen LogP contribution in [0.1, 0.15) is 21.5 Å². The Morgan fingerprint density at radius 2 is 1.95 bits per heavy atom. The zero-order valence-corrected chi connectivity index (χ0v) is 12.1. The highest BCUT2D eigenvalue weighted by molar-refractivity contribution is 8.00. The highest BCUT2D eigenvalue weighted by atomic mass is 32.2. The number of phenols is 1. The largest absolute Gasteiger partial charge is 0.507 e. The first-order valence-electron chi connectivity index (χ1n) is 6.19. The number of ketones is 1. The van der Waals surface area contributed by atoms with E-state index in [-0.39, 0.29) is 22.8 Å². The van der Waals surface area contributed by atoms with Crippen LogP contribution >= 0.6 is 11.8 Å². The molecule has 0 atom stereocenters. The van der Waals surface area contributed by atoms with Gasteiger partial charge in [-0.1, -0.05) is 17.7 Å². The molecule has 0 fully saturated rings. The van der Waals surface area contributed by atoms with Crippen LogP contribution in [0.4, 0.5) is 4.39 Å². The lowest BCUT2D eigenvalue weighted by atomic mass is 10.1. The molecule has 2 nitrogen and oxygen atoms in total. The average Bonchev–Trinajstić information content (AvgIpc) is 2.42. The second-order valence-corrected chi connectivity index (χ2v) is 5.66. The van der Waals surface area contributed by atoms with Gasteiger partial charge in [0.05, 0.1) is 11.3 Å². The fourth-order valence-electron chi connectivity index (χ4n) is 1.82. The predicted molar refractivity (Wildman–Crippen MR) is 79.0 cm³/mol. The molecule has 0 heterocycles. The van der Waals surface area contributed by atoms with Crippen LogP contribution < -0.4 is 0 Å². The number of rotatable bonds is 4. The SMILES string of the molecule is Cc1ccc(C)c(SCC(=O)c2cc(F)ccc2O)c1. The molecular weight excluding hydrogens is 275 g/mol. The maximum absolute atomic E-state index is 13.1. The molecule has 104 valence electrons. The number of phenolic OH excluding ortho intramolecular Hbond substituents is 1. The molecule has 1 N–H and O–H groups in total. The summed E-state index contributed by atoms with van der Waals surface area (Å²) in [5.41, 5.74) is 2.25. The third-order valence-electron chi connectivity index (χ3n) is 2.96. The minimum absolute atomic E-state index is 0.0304. The normalized spacial score (nSPS) is 10.6. The van der Waals surface area contributed by atoms with Crippen molar-refractivity contribution in [2.75, 3.05) is 5.75 Å². The summed E-state index contributed by atoms with van der Waals surface area (Å²) in [6.07, 6.45) is 0. The van der Waals surface area contributed by atoms with Gasteiger partial charge in [0.2, 0.25) is 0 Å². The van der Waals surface area contributed by atoms with Gasteiger partial charge in [-0.25, -0.2) is 4.39 Å². The third-order valence-corrected chi connectivity index (χ3v) is 4.12. The third kappa shape index (κ3) is 3.39. The average molecular weight is 290 g/mol. The van der Waals surface area contributed by atoms with Gasteiger partial charge in [-0.2, -0.15) is 0 Å². The van der Waals surface area contributed by atoms with Crippen molar-refractivity contribution in [3.63, 3.8) is 0 Å². The summed E-state index contributed by atoms with van der Waals surface area (Å²) in [4.78, 5) is 13.1. The molecular formula is C16H15FO2S. The number of aromatic hydroxyl groups is 1. The first-order valence-corrected chi connectivity index (χ1v) is 7.17. The van der Waals surface area contributed by atoms with Crippen molar-refractivity contribution >= 4 is 17.5 Å². The van der Waals surface area contributed by atoms with Gasteiger partial charge >= 0.3 is 0 Å². The Morgan fingerprint density at radius 1 is 1.20 bits per heavy atom. The minimum atomic E-state index is -0.525. The molecule has 2 rings (SSSR count). The topological polar surface area (TPSA) is 37.3 Å². The van der Waals surface area contributed by atoms with E-state index in [0.29, 0.717) is 0 Å². The van der Waals surface area contributed by atoms with Crippen LogP contribution in [0.25, 0.3) is 0 Å². The number of thioether (sulfide) groups is 1. The number of carbonyl (C=O) groups excluding carboxylic acids is 1. The highest BCUT2D eigenvalue weighted by Crippen LogP contribution is 2.26. The lowest BCUT2D eigenvalue weighted by molar-refractivity contribution is 0.101. The van der Waals surface area contributed by atoms with Crippen LogP contribution in [0.3, 0.4) is 0 Å². The van der Waals surface area contributed by atoms with Crippen LogP contribution in [-0.4, -0.2) is 16.6 Å². The number of carbonyl (C=O) groups is 1. The number of hydrogen-bond donors (Lipinski definition) is 1. The van der Waals surface area contributed by atoms with Gasteiger partial charge in [0.1, 0.15) is 11.6 Å². The van der Waals surface area contributed by atoms with Gasteiger partial charge in [0.15, 0.2) is 5.78 Å². The van der Waals surface area contributed by atoms with Crippen LogP contribution in [0, 0.1) is 19.7 Å². The molecule has 0 aliphatic heterocycles. The first kappa shape index (κ1) is 14.6. The van der Waals surface area contributed by atoms with E-state index in [1.807, 2.05) is 32.0 Å². The Hall–Kier alpha value is -1.81. The van der Waals surface area contributed by atoms with E-state index in [1.54, 1.807) is 0 Å². The van der Waals surface area contributed by atoms with Gasteiger partial charge in [-0.15, -0.1) is 11.8 Å². The summed E-state index contributed by atoms with van der Waals surface area (Å²) >= 11 is 1.40. The Balaban J connectivity index is 2.12. The molecule has 0 saturated heterocycles. The zero-order chi connectivity index (χ0) is 14.7. The molecule has 0 bridgehead atoms. The van der Waals surface area contributed by atoms with Crippen molar-refractivity contribution < 1.29 is 14.3 Å². The molecule has 20 heavy (non-hydrogen) atoms. The van der Waals surface area contributed by atoms with Crippen LogP contribution in [0.2, 0.25) is 0 Å². The van der Waals surface area contributed by atoms with E-state index in [1.165, 1.54) is 17.8 Å². The zero-order valence-electron chi connectivity index (χ0n) is 11.3. The predicted octanol–water partition coefficient (Wildman–Crippen LogP) is 4.12. The van der Waals surface area contributed by atoms with E-state index in [0.717, 1.165) is 28.2 Å². The number of halogens is 1. The molecule has 0 amide bonds. The van der Waals surface area contributed by atoms with Crippen LogP contribution in [0.5, 0.6) is 5.75 Å². The smallest absolute Gasteiger partial charge is 0.176 e. The quantitative estimate of drug-likeness (QED) is 0.679. The highest BCUT2D eigenvalue weighted by Gasteiger charge is 2.13. The Morgan fingerprint density at radius 3 is 2.70 bits per heavy atom. The monoisotopic (exact) mass is 290 g/mol. The second kappa shape index (κ2) is 6.09. The molecule has 0 unspecified atom stereocenters. The number of aryl methyl sites for hydroxylation is 2. The van der Waals surface area contributed by atoms with E-state index in [9.17, 15) is 14.3 Å². The standard InChI is InChI=1S/C16H15FO2S/c1-10-3-4-11(2)16(7-10)20-9-15(19)13-8-12(17)5-6-14(13)18/h3-8,18H,9H2,1-2H3. The molecule has 2 aromatic carbocycles. The molecule has 0 saturated carbocycles. The molecule has 2 aromatic rings. The number of hydrogen-bond acceptors (Lipinski definition) is 3. The van der Waals surface area contributed by atoms with E-state index >= 15 is 0 Å². The van der Waals surface area contributed by atoms with E-state index in [2.05, 4.69) is 0 Å². The van der Waals surface area contributed by atoms with Crippen molar-refractivity contribution in [1.82, 2.24) is 0 Å². The van der Waals surface area contributed by atoms with Crippen molar-refractivity contribution in [1.29, 1.82) is 0 Å². The van der Waals surface area contributed by atoms with Gasteiger partial charge in [-0.05, 0) is 43.7 Å². The summed E-state index contributed by atoms with van der Waals surface area (Å²) in [7, 11) is 0. The fraction of sp³-hybridized carbons (Fsp3) is 0.188.